The van der Waals surface area contributed by atoms with E-state index >= 15 is 0 Å². The summed E-state index contributed by atoms with van der Waals surface area (Å²) >= 11 is 18.3. The van der Waals surface area contributed by atoms with E-state index in [0.29, 0.717) is 16.8 Å². The molecule has 0 atom stereocenters. The van der Waals surface area contributed by atoms with Gasteiger partial charge >= 0.3 is 0 Å². The molecule has 0 fully saturated rings. The third kappa shape index (κ3) is 2.50. The molecule has 18 heavy (non-hydrogen) atoms. The maximum Gasteiger partial charge on any atom is 0.137 e. The number of aromatic nitrogens is 2. The first-order valence-corrected chi connectivity index (χ1v) is 6.54. The van der Waals surface area contributed by atoms with Crippen LogP contribution in [0.2, 0.25) is 10.2 Å². The zero-order chi connectivity index (χ0) is 13.1. The molecule has 0 saturated carbocycles. The number of benzene rings is 1. The van der Waals surface area contributed by atoms with Gasteiger partial charge in [0, 0.05) is 12.7 Å². The summed E-state index contributed by atoms with van der Waals surface area (Å²) in [7, 11) is 1.60. The van der Waals surface area contributed by atoms with Crippen LogP contribution in [0.15, 0.2) is 24.3 Å². The van der Waals surface area contributed by atoms with Crippen molar-refractivity contribution in [2.45, 2.75) is 12.5 Å². The van der Waals surface area contributed by atoms with Crippen molar-refractivity contribution in [3.05, 3.63) is 45.7 Å². The molecule has 1 heterocycles. The Hall–Kier alpha value is -0.740. The molecule has 0 aliphatic carbocycles. The highest BCUT2D eigenvalue weighted by Crippen LogP contribution is 2.28. The van der Waals surface area contributed by atoms with E-state index in [1.165, 1.54) is 0 Å². The van der Waals surface area contributed by atoms with Crippen LogP contribution in [0.5, 0.6) is 0 Å². The molecule has 0 spiro atoms. The van der Waals surface area contributed by atoms with Crippen LogP contribution in [-0.2, 0) is 17.2 Å². The Kier molecular flexibility index (Phi) is 4.51. The van der Waals surface area contributed by atoms with Crippen molar-refractivity contribution in [1.29, 1.82) is 0 Å². The van der Waals surface area contributed by atoms with Crippen molar-refractivity contribution >= 4 is 34.8 Å². The minimum absolute atomic E-state index is 0.280. The van der Waals surface area contributed by atoms with E-state index in [2.05, 4.69) is 5.10 Å². The highest BCUT2D eigenvalue weighted by Gasteiger charge is 2.17. The molecule has 2 aromatic rings. The lowest BCUT2D eigenvalue weighted by Gasteiger charge is -2.05. The van der Waals surface area contributed by atoms with E-state index in [4.69, 9.17) is 39.5 Å². The van der Waals surface area contributed by atoms with Gasteiger partial charge in [0.2, 0.25) is 0 Å². The van der Waals surface area contributed by atoms with Crippen molar-refractivity contribution in [3.8, 4) is 5.69 Å². The van der Waals surface area contributed by atoms with Crippen LogP contribution in [0.4, 0.5) is 0 Å². The molecule has 0 N–H and O–H groups in total. The lowest BCUT2D eigenvalue weighted by Crippen LogP contribution is -1.98. The number of para-hydroxylation sites is 1. The SMILES string of the molecule is COCc1nn(-c2ccccc2Cl)c(Cl)c1CCl. The monoisotopic (exact) mass is 304 g/mol. The molecule has 1 aromatic carbocycles. The average Bonchev–Trinajstić information content (AvgIpc) is 2.67. The minimum Gasteiger partial charge on any atom is -0.378 e. The Bertz CT molecular complexity index is 554. The lowest BCUT2D eigenvalue weighted by atomic mass is 10.3. The Labute approximate surface area is 120 Å². The molecule has 0 unspecified atom stereocenters. The van der Waals surface area contributed by atoms with Gasteiger partial charge in [-0.15, -0.1) is 11.6 Å². The average molecular weight is 306 g/mol. The van der Waals surface area contributed by atoms with Crippen LogP contribution in [-0.4, -0.2) is 16.9 Å². The third-order valence-electron chi connectivity index (χ3n) is 2.50. The number of alkyl halides is 1. The summed E-state index contributed by atoms with van der Waals surface area (Å²) in [5, 5.41) is 5.43. The molecule has 1 aromatic heterocycles. The normalized spacial score (nSPS) is 10.9. The maximum absolute atomic E-state index is 6.27. The number of halogens is 3. The Balaban J connectivity index is 2.55. The molecule has 0 amide bonds. The summed E-state index contributed by atoms with van der Waals surface area (Å²) in [5.41, 5.74) is 2.20. The van der Waals surface area contributed by atoms with Gasteiger partial charge in [-0.1, -0.05) is 35.3 Å². The number of methoxy groups -OCH3 is 1. The molecule has 2 rings (SSSR count). The fourth-order valence-electron chi connectivity index (χ4n) is 1.64. The van der Waals surface area contributed by atoms with Gasteiger partial charge in [0.15, 0.2) is 0 Å². The molecule has 3 nitrogen and oxygen atoms in total. The topological polar surface area (TPSA) is 27.1 Å². The predicted molar refractivity (Wildman–Crippen MR) is 73.9 cm³/mol. The lowest BCUT2D eigenvalue weighted by molar-refractivity contribution is 0.180. The van der Waals surface area contributed by atoms with Gasteiger partial charge in [-0.2, -0.15) is 5.10 Å². The molecule has 0 aliphatic heterocycles. The smallest absolute Gasteiger partial charge is 0.137 e. The van der Waals surface area contributed by atoms with E-state index in [1.807, 2.05) is 18.2 Å². The molecule has 0 bridgehead atoms. The largest absolute Gasteiger partial charge is 0.378 e. The molecular weight excluding hydrogens is 295 g/mol. The van der Waals surface area contributed by atoms with Crippen LogP contribution < -0.4 is 0 Å². The first-order chi connectivity index (χ1) is 8.69. The zero-order valence-electron chi connectivity index (χ0n) is 9.66. The van der Waals surface area contributed by atoms with Crippen molar-refractivity contribution in [2.75, 3.05) is 7.11 Å². The van der Waals surface area contributed by atoms with Crippen molar-refractivity contribution < 1.29 is 4.74 Å². The summed E-state index contributed by atoms with van der Waals surface area (Å²) in [4.78, 5) is 0. The standard InChI is InChI=1S/C12H11Cl3N2O/c1-18-7-10-8(6-13)12(15)17(16-10)11-5-3-2-4-9(11)14/h2-5H,6-7H2,1H3. The summed E-state index contributed by atoms with van der Waals surface area (Å²) in [6, 6.07) is 7.35. The highest BCUT2D eigenvalue weighted by molar-refractivity contribution is 6.33. The van der Waals surface area contributed by atoms with Crippen LogP contribution in [0.25, 0.3) is 5.69 Å². The van der Waals surface area contributed by atoms with Crippen LogP contribution in [0, 0.1) is 0 Å². The van der Waals surface area contributed by atoms with E-state index in [-0.39, 0.29) is 5.88 Å². The molecule has 6 heteroatoms. The first kappa shape index (κ1) is 13.7. The van der Waals surface area contributed by atoms with Crippen LogP contribution >= 0.6 is 34.8 Å². The van der Waals surface area contributed by atoms with Gasteiger partial charge in [-0.05, 0) is 12.1 Å². The van der Waals surface area contributed by atoms with Gasteiger partial charge in [-0.25, -0.2) is 4.68 Å². The van der Waals surface area contributed by atoms with Crippen molar-refractivity contribution in [3.63, 3.8) is 0 Å². The zero-order valence-corrected chi connectivity index (χ0v) is 11.9. The second kappa shape index (κ2) is 5.93. The summed E-state index contributed by atoms with van der Waals surface area (Å²) in [6.45, 7) is 0.360. The number of hydrogen-bond acceptors (Lipinski definition) is 2. The highest BCUT2D eigenvalue weighted by atomic mass is 35.5. The fraction of sp³-hybridized carbons (Fsp3) is 0.250. The summed E-state index contributed by atoms with van der Waals surface area (Å²) in [6.07, 6.45) is 0. The van der Waals surface area contributed by atoms with Gasteiger partial charge in [0.05, 0.1) is 28.9 Å². The Morgan fingerprint density at radius 2 is 2.00 bits per heavy atom. The van der Waals surface area contributed by atoms with Gasteiger partial charge in [0.1, 0.15) is 5.15 Å². The maximum atomic E-state index is 6.27. The van der Waals surface area contributed by atoms with Crippen molar-refractivity contribution in [1.82, 2.24) is 9.78 Å². The summed E-state index contributed by atoms with van der Waals surface area (Å²) in [5.74, 6) is 0.280. The van der Waals surface area contributed by atoms with Crippen molar-refractivity contribution in [2.24, 2.45) is 0 Å². The summed E-state index contributed by atoms with van der Waals surface area (Å²) < 4.78 is 6.66. The fourth-order valence-corrected chi connectivity index (χ4v) is 2.51. The second-order valence-corrected chi connectivity index (χ2v) is 4.68. The van der Waals surface area contributed by atoms with Gasteiger partial charge < -0.3 is 4.74 Å². The van der Waals surface area contributed by atoms with Gasteiger partial charge in [-0.3, -0.25) is 0 Å². The molecular formula is C12H11Cl3N2O. The number of nitrogens with zero attached hydrogens (tertiary/aromatic N) is 2. The van der Waals surface area contributed by atoms with E-state index in [9.17, 15) is 0 Å². The quantitative estimate of drug-likeness (QED) is 0.796. The van der Waals surface area contributed by atoms with E-state index < -0.39 is 0 Å². The minimum atomic E-state index is 0.280. The first-order valence-electron chi connectivity index (χ1n) is 5.25. The third-order valence-corrected chi connectivity index (χ3v) is 3.47. The van der Waals surface area contributed by atoms with Crippen LogP contribution in [0.3, 0.4) is 0 Å². The Morgan fingerprint density at radius 3 is 2.61 bits per heavy atom. The predicted octanol–water partition coefficient (Wildman–Crippen LogP) is 4.06. The number of ether oxygens (including phenoxy) is 1. The van der Waals surface area contributed by atoms with E-state index in [0.717, 1.165) is 16.9 Å². The number of hydrogen-bond donors (Lipinski definition) is 0. The van der Waals surface area contributed by atoms with Gasteiger partial charge in [0.25, 0.3) is 0 Å². The molecule has 0 saturated heterocycles. The van der Waals surface area contributed by atoms with E-state index in [1.54, 1.807) is 17.9 Å². The van der Waals surface area contributed by atoms with Crippen LogP contribution in [0.1, 0.15) is 11.3 Å². The molecule has 0 aliphatic rings. The second-order valence-electron chi connectivity index (χ2n) is 3.65. The Morgan fingerprint density at radius 1 is 1.28 bits per heavy atom. The molecule has 0 radical (unpaired) electrons. The molecule has 96 valence electrons. The number of rotatable bonds is 4.